The second kappa shape index (κ2) is 6.91. The van der Waals surface area contributed by atoms with Gasteiger partial charge in [0.05, 0.1) is 18.7 Å². The number of nitriles is 1. The van der Waals surface area contributed by atoms with E-state index in [1.807, 2.05) is 12.1 Å². The van der Waals surface area contributed by atoms with Gasteiger partial charge in [-0.1, -0.05) is 28.1 Å². The van der Waals surface area contributed by atoms with Crippen LogP contribution < -0.4 is 9.47 Å². The van der Waals surface area contributed by atoms with Crippen molar-refractivity contribution in [3.05, 3.63) is 58.1 Å². The zero-order chi connectivity index (χ0) is 15.2. The first-order chi connectivity index (χ1) is 10.1. The van der Waals surface area contributed by atoms with Gasteiger partial charge in [0.25, 0.3) is 0 Å². The number of nitrogens with zero attached hydrogens (tertiary/aromatic N) is 1. The second-order valence-electron chi connectivity index (χ2n) is 4.23. The van der Waals surface area contributed by atoms with Gasteiger partial charge in [-0.25, -0.2) is 0 Å². The molecule has 0 atom stereocenters. The molecule has 0 bridgehead atoms. The minimum absolute atomic E-state index is 0.103. The molecule has 0 unspecified atom stereocenters. The molecule has 0 aliphatic rings. The van der Waals surface area contributed by atoms with E-state index in [0.29, 0.717) is 22.6 Å². The highest BCUT2D eigenvalue weighted by Gasteiger charge is 2.08. The summed E-state index contributed by atoms with van der Waals surface area (Å²) in [5, 5.41) is 8.93. The molecule has 2 aromatic rings. The first-order valence-corrected chi connectivity index (χ1v) is 6.92. The maximum atomic E-state index is 12.0. The van der Waals surface area contributed by atoms with Crippen LogP contribution in [-0.2, 0) is 0 Å². The van der Waals surface area contributed by atoms with E-state index in [1.54, 1.807) is 36.4 Å². The molecule has 2 rings (SSSR count). The summed E-state index contributed by atoms with van der Waals surface area (Å²) in [4.78, 5) is 12.0. The van der Waals surface area contributed by atoms with E-state index in [2.05, 4.69) is 15.9 Å². The fraction of sp³-hybridized carbons (Fsp3) is 0.125. The molecule has 106 valence electrons. The Balaban J connectivity index is 2.09. The molecular weight excluding hydrogens is 334 g/mol. The summed E-state index contributed by atoms with van der Waals surface area (Å²) in [5.41, 5.74) is 0.979. The lowest BCUT2D eigenvalue weighted by Gasteiger charge is -2.08. The molecule has 0 N–H and O–H groups in total. The number of ketones is 1. The SMILES string of the molecule is COc1cc(C#N)cc(OCC(=O)c2cccc(Br)c2)c1. The molecule has 0 fully saturated rings. The van der Waals surface area contributed by atoms with E-state index in [4.69, 9.17) is 14.7 Å². The highest BCUT2D eigenvalue weighted by atomic mass is 79.9. The largest absolute Gasteiger partial charge is 0.497 e. The molecular formula is C16H12BrNO3. The van der Waals surface area contributed by atoms with Crippen molar-refractivity contribution in [1.82, 2.24) is 0 Å². The van der Waals surface area contributed by atoms with Gasteiger partial charge < -0.3 is 9.47 Å². The van der Waals surface area contributed by atoms with Crippen molar-refractivity contribution in [2.45, 2.75) is 0 Å². The summed E-state index contributed by atoms with van der Waals surface area (Å²) in [5.74, 6) is 0.797. The van der Waals surface area contributed by atoms with Gasteiger partial charge in [-0.2, -0.15) is 5.26 Å². The standard InChI is InChI=1S/C16H12BrNO3/c1-20-14-5-11(9-18)6-15(8-14)21-10-16(19)12-3-2-4-13(17)7-12/h2-8H,10H2,1H3. The third-order valence-electron chi connectivity index (χ3n) is 2.76. The summed E-state index contributed by atoms with van der Waals surface area (Å²) >= 11 is 3.32. The van der Waals surface area contributed by atoms with Crippen LogP contribution in [0.25, 0.3) is 0 Å². The van der Waals surface area contributed by atoms with Gasteiger partial charge in [0, 0.05) is 16.1 Å². The monoisotopic (exact) mass is 345 g/mol. The predicted octanol–water partition coefficient (Wildman–Crippen LogP) is 3.59. The molecule has 0 radical (unpaired) electrons. The van der Waals surface area contributed by atoms with Gasteiger partial charge >= 0.3 is 0 Å². The van der Waals surface area contributed by atoms with Crippen LogP contribution in [0.1, 0.15) is 15.9 Å². The normalized spacial score (nSPS) is 9.76. The lowest BCUT2D eigenvalue weighted by molar-refractivity contribution is 0.0921. The number of methoxy groups -OCH3 is 1. The second-order valence-corrected chi connectivity index (χ2v) is 5.15. The minimum Gasteiger partial charge on any atom is -0.497 e. The maximum absolute atomic E-state index is 12.0. The predicted molar refractivity (Wildman–Crippen MR) is 81.7 cm³/mol. The Kier molecular flexibility index (Phi) is 4.96. The quantitative estimate of drug-likeness (QED) is 0.777. The van der Waals surface area contributed by atoms with Gasteiger partial charge in [-0.3, -0.25) is 4.79 Å². The Morgan fingerprint density at radius 2 is 2.00 bits per heavy atom. The fourth-order valence-corrected chi connectivity index (χ4v) is 2.13. The van der Waals surface area contributed by atoms with Crippen molar-refractivity contribution >= 4 is 21.7 Å². The molecule has 5 heteroatoms. The van der Waals surface area contributed by atoms with E-state index in [9.17, 15) is 4.79 Å². The fourth-order valence-electron chi connectivity index (χ4n) is 1.73. The summed E-state index contributed by atoms with van der Waals surface area (Å²) < 4.78 is 11.4. The van der Waals surface area contributed by atoms with Crippen molar-refractivity contribution in [1.29, 1.82) is 5.26 Å². The van der Waals surface area contributed by atoms with E-state index >= 15 is 0 Å². The molecule has 0 aliphatic heterocycles. The number of carbonyl (C=O) groups excluding carboxylic acids is 1. The average Bonchev–Trinajstić information content (AvgIpc) is 2.52. The van der Waals surface area contributed by atoms with Crippen LogP contribution >= 0.6 is 15.9 Å². The summed E-state index contributed by atoms with van der Waals surface area (Å²) in [6, 6.07) is 13.9. The van der Waals surface area contributed by atoms with Gasteiger partial charge in [-0.15, -0.1) is 0 Å². The Bertz CT molecular complexity index is 707. The van der Waals surface area contributed by atoms with Crippen molar-refractivity contribution in [3.63, 3.8) is 0 Å². The number of benzene rings is 2. The van der Waals surface area contributed by atoms with E-state index in [0.717, 1.165) is 4.47 Å². The van der Waals surface area contributed by atoms with Gasteiger partial charge in [0.2, 0.25) is 0 Å². The van der Waals surface area contributed by atoms with Crippen LogP contribution in [0.2, 0.25) is 0 Å². The molecule has 2 aromatic carbocycles. The molecule has 0 saturated heterocycles. The number of hydrogen-bond donors (Lipinski definition) is 0. The molecule has 0 amide bonds. The highest BCUT2D eigenvalue weighted by Crippen LogP contribution is 2.22. The molecule has 21 heavy (non-hydrogen) atoms. The Labute approximate surface area is 131 Å². The van der Waals surface area contributed by atoms with Crippen molar-refractivity contribution < 1.29 is 14.3 Å². The Morgan fingerprint density at radius 3 is 2.67 bits per heavy atom. The summed E-state index contributed by atoms with van der Waals surface area (Å²) in [7, 11) is 1.51. The Hall–Kier alpha value is -2.32. The van der Waals surface area contributed by atoms with Crippen LogP contribution in [0.4, 0.5) is 0 Å². The number of ether oxygens (including phenoxy) is 2. The summed E-state index contributed by atoms with van der Waals surface area (Å²) in [6.07, 6.45) is 0. The lowest BCUT2D eigenvalue weighted by Crippen LogP contribution is -2.11. The van der Waals surface area contributed by atoms with Gasteiger partial charge in [0.1, 0.15) is 11.5 Å². The van der Waals surface area contributed by atoms with E-state index in [-0.39, 0.29) is 12.4 Å². The summed E-state index contributed by atoms with van der Waals surface area (Å²) in [6.45, 7) is -0.103. The smallest absolute Gasteiger partial charge is 0.200 e. The average molecular weight is 346 g/mol. The maximum Gasteiger partial charge on any atom is 0.200 e. The third kappa shape index (κ3) is 4.07. The van der Waals surface area contributed by atoms with Crippen LogP contribution in [0.5, 0.6) is 11.5 Å². The van der Waals surface area contributed by atoms with Crippen molar-refractivity contribution in [3.8, 4) is 17.6 Å². The van der Waals surface area contributed by atoms with Crippen molar-refractivity contribution in [2.75, 3.05) is 13.7 Å². The molecule has 4 nitrogen and oxygen atoms in total. The highest BCUT2D eigenvalue weighted by molar-refractivity contribution is 9.10. The van der Waals surface area contributed by atoms with E-state index < -0.39 is 0 Å². The van der Waals surface area contributed by atoms with Crippen LogP contribution in [0.15, 0.2) is 46.9 Å². The minimum atomic E-state index is -0.141. The topological polar surface area (TPSA) is 59.3 Å². The molecule has 0 aromatic heterocycles. The number of rotatable bonds is 5. The lowest BCUT2D eigenvalue weighted by atomic mass is 10.1. The van der Waals surface area contributed by atoms with Crippen molar-refractivity contribution in [2.24, 2.45) is 0 Å². The van der Waals surface area contributed by atoms with E-state index in [1.165, 1.54) is 7.11 Å². The number of carbonyl (C=O) groups is 1. The third-order valence-corrected chi connectivity index (χ3v) is 3.25. The van der Waals surface area contributed by atoms with Gasteiger partial charge in [-0.05, 0) is 24.3 Å². The van der Waals surface area contributed by atoms with Crippen LogP contribution in [0.3, 0.4) is 0 Å². The van der Waals surface area contributed by atoms with Gasteiger partial charge in [0.15, 0.2) is 12.4 Å². The molecule has 0 saturated carbocycles. The first-order valence-electron chi connectivity index (χ1n) is 6.13. The number of hydrogen-bond acceptors (Lipinski definition) is 4. The zero-order valence-electron chi connectivity index (χ0n) is 11.3. The van der Waals surface area contributed by atoms with Crippen LogP contribution in [0, 0.1) is 11.3 Å². The number of Topliss-reactive ketones (excluding diaryl/α,β-unsaturated/α-hetero) is 1. The first kappa shape index (κ1) is 15.1. The Morgan fingerprint density at radius 1 is 1.24 bits per heavy atom. The zero-order valence-corrected chi connectivity index (χ0v) is 12.9. The van der Waals surface area contributed by atoms with Crippen LogP contribution in [-0.4, -0.2) is 19.5 Å². The molecule has 0 aliphatic carbocycles. The number of halogens is 1. The molecule has 0 spiro atoms. The molecule has 0 heterocycles.